The minimum Gasteiger partial charge on any atom is -0.481 e. The van der Waals surface area contributed by atoms with Gasteiger partial charge in [0.05, 0.1) is 19.1 Å². The molecule has 1 atom stereocenters. The van der Waals surface area contributed by atoms with Crippen LogP contribution in [0.15, 0.2) is 0 Å². The topological polar surface area (TPSA) is 98.4 Å². The predicted octanol–water partition coefficient (Wildman–Crippen LogP) is -0.448. The summed E-state index contributed by atoms with van der Waals surface area (Å²) >= 11 is 0. The quantitative estimate of drug-likeness (QED) is 0.583. The fourth-order valence-corrected chi connectivity index (χ4v) is 0.619. The van der Waals surface area contributed by atoms with Crippen molar-refractivity contribution in [2.24, 2.45) is 5.92 Å². The van der Waals surface area contributed by atoms with Crippen molar-refractivity contribution in [3.63, 3.8) is 0 Å². The van der Waals surface area contributed by atoms with E-state index in [0.29, 0.717) is 0 Å². The summed E-state index contributed by atoms with van der Waals surface area (Å²) in [5.41, 5.74) is 0. The number of nitrogens with zero attached hydrogens (tertiary/aromatic N) is 1. The number of aliphatic carboxylic acids is 1. The van der Waals surface area contributed by atoms with Crippen LogP contribution in [-0.2, 0) is 9.59 Å². The lowest BCUT2D eigenvalue weighted by atomic mass is 10.0. The van der Waals surface area contributed by atoms with Gasteiger partial charge in [0.2, 0.25) is 0 Å². The monoisotopic (exact) mass is 171 g/mol. The first kappa shape index (κ1) is 10.6. The van der Waals surface area contributed by atoms with Crippen LogP contribution in [0, 0.1) is 17.2 Å². The molecule has 0 aromatic heterocycles. The van der Waals surface area contributed by atoms with Crippen LogP contribution in [0.4, 0.5) is 0 Å². The van der Waals surface area contributed by atoms with Gasteiger partial charge in [-0.3, -0.25) is 9.59 Å². The molecule has 0 fully saturated rings. The Labute approximate surface area is 69.2 Å². The standard InChI is InChI=1S/C7H9NO4/c8-3-5(4-9)6(10)1-2-7(11)12/h5,9H,1-2,4H2,(H,11,12). The van der Waals surface area contributed by atoms with Crippen LogP contribution in [0.2, 0.25) is 0 Å². The number of rotatable bonds is 5. The van der Waals surface area contributed by atoms with Crippen molar-refractivity contribution in [2.75, 3.05) is 6.61 Å². The fourth-order valence-electron chi connectivity index (χ4n) is 0.619. The number of nitriles is 1. The predicted molar refractivity (Wildman–Crippen MR) is 38.1 cm³/mol. The Balaban J connectivity index is 3.87. The molecule has 0 heterocycles. The zero-order valence-electron chi connectivity index (χ0n) is 6.36. The van der Waals surface area contributed by atoms with E-state index in [2.05, 4.69) is 0 Å². The Hall–Kier alpha value is -1.41. The molecule has 66 valence electrons. The highest BCUT2D eigenvalue weighted by Gasteiger charge is 2.16. The maximum Gasteiger partial charge on any atom is 0.303 e. The zero-order valence-corrected chi connectivity index (χ0v) is 6.36. The first-order valence-corrected chi connectivity index (χ1v) is 3.36. The van der Waals surface area contributed by atoms with Crippen molar-refractivity contribution in [1.82, 2.24) is 0 Å². The largest absolute Gasteiger partial charge is 0.481 e. The van der Waals surface area contributed by atoms with Crippen LogP contribution < -0.4 is 0 Å². The summed E-state index contributed by atoms with van der Waals surface area (Å²) in [6.45, 7) is -0.547. The molecule has 0 aromatic carbocycles. The van der Waals surface area contributed by atoms with Gasteiger partial charge in [0.25, 0.3) is 0 Å². The van der Waals surface area contributed by atoms with Gasteiger partial charge in [-0.25, -0.2) is 0 Å². The molecule has 0 rings (SSSR count). The summed E-state index contributed by atoms with van der Waals surface area (Å²) in [4.78, 5) is 20.9. The summed E-state index contributed by atoms with van der Waals surface area (Å²) in [7, 11) is 0. The van der Waals surface area contributed by atoms with E-state index in [1.54, 1.807) is 6.07 Å². The maximum atomic E-state index is 10.9. The normalized spacial score (nSPS) is 11.7. The number of carbonyl (C=O) groups is 2. The molecule has 0 amide bonds. The lowest BCUT2D eigenvalue weighted by Crippen LogP contribution is -2.17. The number of carboxylic acid groups (broad SMARTS) is 1. The minimum atomic E-state index is -1.09. The van der Waals surface area contributed by atoms with Crippen molar-refractivity contribution in [3.8, 4) is 6.07 Å². The highest BCUT2D eigenvalue weighted by Crippen LogP contribution is 2.01. The second-order valence-electron chi connectivity index (χ2n) is 2.22. The molecule has 0 aliphatic carbocycles. The smallest absolute Gasteiger partial charge is 0.303 e. The summed E-state index contributed by atoms with van der Waals surface area (Å²) in [5.74, 6) is -2.69. The van der Waals surface area contributed by atoms with Crippen molar-refractivity contribution in [1.29, 1.82) is 5.26 Å². The SMILES string of the molecule is N#CC(CO)C(=O)CCC(=O)O. The van der Waals surface area contributed by atoms with E-state index in [9.17, 15) is 9.59 Å². The lowest BCUT2D eigenvalue weighted by Gasteiger charge is -2.01. The summed E-state index contributed by atoms with van der Waals surface area (Å²) in [5, 5.41) is 24.9. The van der Waals surface area contributed by atoms with Gasteiger partial charge in [-0.05, 0) is 0 Å². The number of Topliss-reactive ketones (excluding diaryl/α,β-unsaturated/α-hetero) is 1. The molecule has 0 aliphatic heterocycles. The summed E-state index contributed by atoms with van der Waals surface area (Å²) in [6.07, 6.45) is -0.495. The Morgan fingerprint density at radius 3 is 2.33 bits per heavy atom. The van der Waals surface area contributed by atoms with E-state index < -0.39 is 24.3 Å². The van der Waals surface area contributed by atoms with Gasteiger partial charge in [-0.15, -0.1) is 0 Å². The molecule has 5 nitrogen and oxygen atoms in total. The minimum absolute atomic E-state index is 0.200. The highest BCUT2D eigenvalue weighted by molar-refractivity contribution is 5.86. The van der Waals surface area contributed by atoms with Crippen LogP contribution in [0.5, 0.6) is 0 Å². The van der Waals surface area contributed by atoms with E-state index in [0.717, 1.165) is 0 Å². The molecule has 0 radical (unpaired) electrons. The molecular formula is C7H9NO4. The fraction of sp³-hybridized carbons (Fsp3) is 0.571. The Kier molecular flexibility index (Phi) is 4.65. The second kappa shape index (κ2) is 5.27. The van der Waals surface area contributed by atoms with Crippen LogP contribution >= 0.6 is 0 Å². The number of hydrogen-bond donors (Lipinski definition) is 2. The maximum absolute atomic E-state index is 10.9. The lowest BCUT2D eigenvalue weighted by molar-refractivity contribution is -0.139. The molecule has 1 unspecified atom stereocenters. The summed E-state index contributed by atoms with van der Waals surface area (Å²) in [6, 6.07) is 1.58. The zero-order chi connectivity index (χ0) is 9.56. The molecule has 0 spiro atoms. The van der Waals surface area contributed by atoms with E-state index in [4.69, 9.17) is 15.5 Å². The Morgan fingerprint density at radius 1 is 1.42 bits per heavy atom. The number of carbonyl (C=O) groups excluding carboxylic acids is 1. The van der Waals surface area contributed by atoms with Crippen molar-refractivity contribution in [2.45, 2.75) is 12.8 Å². The number of hydrogen-bond acceptors (Lipinski definition) is 4. The molecule has 0 aromatic rings. The van der Waals surface area contributed by atoms with Crippen LogP contribution in [-0.4, -0.2) is 28.6 Å². The first-order valence-electron chi connectivity index (χ1n) is 3.36. The van der Waals surface area contributed by atoms with E-state index >= 15 is 0 Å². The summed E-state index contributed by atoms with van der Waals surface area (Å²) < 4.78 is 0. The molecule has 12 heavy (non-hydrogen) atoms. The number of aliphatic hydroxyl groups excluding tert-OH is 1. The molecule has 0 bridgehead atoms. The van der Waals surface area contributed by atoms with E-state index in [-0.39, 0.29) is 12.8 Å². The Morgan fingerprint density at radius 2 is 2.00 bits per heavy atom. The highest BCUT2D eigenvalue weighted by atomic mass is 16.4. The van der Waals surface area contributed by atoms with Gasteiger partial charge in [0.15, 0.2) is 5.78 Å². The van der Waals surface area contributed by atoms with Crippen molar-refractivity contribution in [3.05, 3.63) is 0 Å². The van der Waals surface area contributed by atoms with Crippen LogP contribution in [0.3, 0.4) is 0 Å². The molecular weight excluding hydrogens is 162 g/mol. The van der Waals surface area contributed by atoms with E-state index in [1.807, 2.05) is 0 Å². The van der Waals surface area contributed by atoms with Gasteiger partial charge in [0, 0.05) is 6.42 Å². The average Bonchev–Trinajstić information content (AvgIpc) is 2.03. The molecule has 0 saturated heterocycles. The van der Waals surface area contributed by atoms with Gasteiger partial charge >= 0.3 is 5.97 Å². The third-order valence-corrected chi connectivity index (χ3v) is 1.31. The van der Waals surface area contributed by atoms with Crippen LogP contribution in [0.1, 0.15) is 12.8 Å². The third-order valence-electron chi connectivity index (χ3n) is 1.31. The van der Waals surface area contributed by atoms with Gasteiger partial charge in [0.1, 0.15) is 5.92 Å². The average molecular weight is 171 g/mol. The second-order valence-corrected chi connectivity index (χ2v) is 2.22. The molecule has 2 N–H and O–H groups in total. The van der Waals surface area contributed by atoms with Gasteiger partial charge in [-0.2, -0.15) is 5.26 Å². The molecule has 5 heteroatoms. The third kappa shape index (κ3) is 3.68. The van der Waals surface area contributed by atoms with Crippen molar-refractivity contribution >= 4 is 11.8 Å². The van der Waals surface area contributed by atoms with Gasteiger partial charge in [-0.1, -0.05) is 0 Å². The Bertz CT molecular complexity index is 218. The number of ketones is 1. The first-order chi connectivity index (χ1) is 5.61. The van der Waals surface area contributed by atoms with E-state index in [1.165, 1.54) is 0 Å². The van der Waals surface area contributed by atoms with Gasteiger partial charge < -0.3 is 10.2 Å². The number of carboxylic acids is 1. The molecule has 0 saturated carbocycles. The molecule has 0 aliphatic rings. The number of aliphatic hydroxyl groups is 1. The van der Waals surface area contributed by atoms with Crippen molar-refractivity contribution < 1.29 is 19.8 Å². The van der Waals surface area contributed by atoms with Crippen LogP contribution in [0.25, 0.3) is 0 Å².